The minimum atomic E-state index is -1.02. The molecule has 0 bridgehead atoms. The fourth-order valence-corrected chi connectivity index (χ4v) is 1.52. The van der Waals surface area contributed by atoms with Crippen LogP contribution in [0.2, 0.25) is 0 Å². The van der Waals surface area contributed by atoms with Crippen LogP contribution in [0.3, 0.4) is 0 Å². The van der Waals surface area contributed by atoms with Gasteiger partial charge in [0.1, 0.15) is 23.8 Å². The summed E-state index contributed by atoms with van der Waals surface area (Å²) in [4.78, 5) is 10.9. The molecular formula is C11H12N2O4. The van der Waals surface area contributed by atoms with Gasteiger partial charge in [-0.2, -0.15) is 5.10 Å². The summed E-state index contributed by atoms with van der Waals surface area (Å²) in [5, 5.41) is 13.0. The minimum absolute atomic E-state index is 0.115. The van der Waals surface area contributed by atoms with E-state index in [0.717, 1.165) is 0 Å². The zero-order valence-corrected chi connectivity index (χ0v) is 9.51. The van der Waals surface area contributed by atoms with Crippen LogP contribution < -0.4 is 0 Å². The number of carboxylic acid groups (broad SMARTS) is 1. The van der Waals surface area contributed by atoms with Gasteiger partial charge in [0.15, 0.2) is 5.76 Å². The fourth-order valence-electron chi connectivity index (χ4n) is 1.52. The lowest BCUT2D eigenvalue weighted by Gasteiger charge is -1.93. The number of nitrogens with zero attached hydrogens (tertiary/aromatic N) is 2. The molecule has 0 radical (unpaired) electrons. The third-order valence-electron chi connectivity index (χ3n) is 2.30. The van der Waals surface area contributed by atoms with Crippen molar-refractivity contribution >= 4 is 5.97 Å². The smallest absolute Gasteiger partial charge is 0.354 e. The van der Waals surface area contributed by atoms with Crippen molar-refractivity contribution < 1.29 is 19.1 Å². The van der Waals surface area contributed by atoms with Gasteiger partial charge in [-0.3, -0.25) is 4.68 Å². The lowest BCUT2D eigenvalue weighted by molar-refractivity contribution is 0.0685. The highest BCUT2D eigenvalue weighted by molar-refractivity contribution is 5.87. The number of hydrogen-bond acceptors (Lipinski definition) is 4. The van der Waals surface area contributed by atoms with E-state index < -0.39 is 5.97 Å². The first-order valence-electron chi connectivity index (χ1n) is 4.97. The molecule has 0 amide bonds. The first-order valence-corrected chi connectivity index (χ1v) is 4.97. The molecule has 1 N–H and O–H groups in total. The predicted octanol–water partition coefficient (Wildman–Crippen LogP) is 1.52. The molecule has 6 nitrogen and oxygen atoms in total. The van der Waals surface area contributed by atoms with Gasteiger partial charge in [0, 0.05) is 20.2 Å². The highest BCUT2D eigenvalue weighted by Crippen LogP contribution is 2.22. The van der Waals surface area contributed by atoms with Crippen LogP contribution in [-0.4, -0.2) is 28.0 Å². The van der Waals surface area contributed by atoms with E-state index >= 15 is 0 Å². The van der Waals surface area contributed by atoms with E-state index in [1.165, 1.54) is 10.7 Å². The molecule has 0 aromatic carbocycles. The zero-order chi connectivity index (χ0) is 12.4. The summed E-state index contributed by atoms with van der Waals surface area (Å²) in [6.07, 6.45) is 0. The van der Waals surface area contributed by atoms with Crippen LogP contribution in [0, 0.1) is 0 Å². The fraction of sp³-hybridized carbons (Fsp3) is 0.273. The lowest BCUT2D eigenvalue weighted by atomic mass is 10.3. The summed E-state index contributed by atoms with van der Waals surface area (Å²) in [5.41, 5.74) is 0.608. The van der Waals surface area contributed by atoms with Gasteiger partial charge in [-0.05, 0) is 12.1 Å². The van der Waals surface area contributed by atoms with Gasteiger partial charge in [-0.1, -0.05) is 0 Å². The number of methoxy groups -OCH3 is 1. The van der Waals surface area contributed by atoms with Gasteiger partial charge < -0.3 is 14.3 Å². The number of aromatic carboxylic acids is 1. The molecule has 2 aromatic heterocycles. The summed E-state index contributed by atoms with van der Waals surface area (Å²) >= 11 is 0. The standard InChI is InChI=1S/C11H12N2O4/c1-13-9(11(14)15)5-8(12-13)10-4-3-7(17-10)6-16-2/h3-5H,6H2,1-2H3,(H,14,15). The molecule has 2 heterocycles. The Morgan fingerprint density at radius 1 is 1.59 bits per heavy atom. The summed E-state index contributed by atoms with van der Waals surface area (Å²) in [7, 11) is 3.15. The van der Waals surface area contributed by atoms with Gasteiger partial charge in [-0.15, -0.1) is 0 Å². The molecular weight excluding hydrogens is 224 g/mol. The van der Waals surface area contributed by atoms with E-state index in [2.05, 4.69) is 5.10 Å². The average Bonchev–Trinajstić information content (AvgIpc) is 2.85. The van der Waals surface area contributed by atoms with Crippen LogP contribution in [0.25, 0.3) is 11.5 Å². The number of carboxylic acids is 1. The van der Waals surface area contributed by atoms with Crippen molar-refractivity contribution in [2.75, 3.05) is 7.11 Å². The maximum absolute atomic E-state index is 10.9. The number of furan rings is 1. The molecule has 0 aliphatic heterocycles. The molecule has 0 saturated carbocycles. The average molecular weight is 236 g/mol. The molecule has 2 rings (SSSR count). The number of ether oxygens (including phenoxy) is 1. The van der Waals surface area contributed by atoms with Crippen LogP contribution >= 0.6 is 0 Å². The van der Waals surface area contributed by atoms with Crippen molar-refractivity contribution in [2.24, 2.45) is 7.05 Å². The Labute approximate surface area is 97.4 Å². The number of carbonyl (C=O) groups is 1. The first kappa shape index (κ1) is 11.4. The van der Waals surface area contributed by atoms with Gasteiger partial charge >= 0.3 is 5.97 Å². The molecule has 2 aromatic rings. The zero-order valence-electron chi connectivity index (χ0n) is 9.51. The second-order valence-electron chi connectivity index (χ2n) is 3.54. The van der Waals surface area contributed by atoms with Gasteiger partial charge in [0.2, 0.25) is 0 Å². The number of aromatic nitrogens is 2. The monoisotopic (exact) mass is 236 g/mol. The molecule has 0 saturated heterocycles. The molecule has 0 fully saturated rings. The van der Waals surface area contributed by atoms with Crippen molar-refractivity contribution in [1.29, 1.82) is 0 Å². The minimum Gasteiger partial charge on any atom is -0.477 e. The summed E-state index contributed by atoms with van der Waals surface area (Å²) in [6, 6.07) is 4.98. The summed E-state index contributed by atoms with van der Waals surface area (Å²) in [5.74, 6) is 0.181. The van der Waals surface area contributed by atoms with E-state index in [9.17, 15) is 4.79 Å². The Kier molecular flexibility index (Phi) is 2.97. The summed E-state index contributed by atoms with van der Waals surface area (Å²) in [6.45, 7) is 0.374. The highest BCUT2D eigenvalue weighted by atomic mass is 16.5. The molecule has 17 heavy (non-hydrogen) atoms. The lowest BCUT2D eigenvalue weighted by Crippen LogP contribution is -2.04. The third-order valence-corrected chi connectivity index (χ3v) is 2.30. The van der Waals surface area contributed by atoms with Gasteiger partial charge in [0.05, 0.1) is 0 Å². The van der Waals surface area contributed by atoms with Crippen LogP contribution in [0.15, 0.2) is 22.6 Å². The molecule has 6 heteroatoms. The Balaban J connectivity index is 2.32. The molecule has 0 atom stereocenters. The maximum Gasteiger partial charge on any atom is 0.354 e. The highest BCUT2D eigenvalue weighted by Gasteiger charge is 2.15. The van der Waals surface area contributed by atoms with E-state index in [0.29, 0.717) is 23.8 Å². The third kappa shape index (κ3) is 2.21. The van der Waals surface area contributed by atoms with Crippen LogP contribution in [0.1, 0.15) is 16.2 Å². The van der Waals surface area contributed by atoms with Crippen LogP contribution in [0.5, 0.6) is 0 Å². The first-order chi connectivity index (χ1) is 8.11. The summed E-state index contributed by atoms with van der Waals surface area (Å²) < 4.78 is 11.7. The normalized spacial score (nSPS) is 10.7. The van der Waals surface area contributed by atoms with Crippen molar-refractivity contribution in [1.82, 2.24) is 9.78 Å². The van der Waals surface area contributed by atoms with Gasteiger partial charge in [-0.25, -0.2) is 4.79 Å². The molecule has 0 aliphatic rings. The second-order valence-corrected chi connectivity index (χ2v) is 3.54. The van der Waals surface area contributed by atoms with E-state index in [4.69, 9.17) is 14.3 Å². The van der Waals surface area contributed by atoms with E-state index in [1.54, 1.807) is 26.3 Å². The van der Waals surface area contributed by atoms with Crippen molar-refractivity contribution in [3.8, 4) is 11.5 Å². The Morgan fingerprint density at radius 2 is 2.35 bits per heavy atom. The molecule has 0 spiro atoms. The number of aryl methyl sites for hydroxylation is 1. The van der Waals surface area contributed by atoms with E-state index in [-0.39, 0.29) is 5.69 Å². The van der Waals surface area contributed by atoms with Crippen LogP contribution in [0.4, 0.5) is 0 Å². The van der Waals surface area contributed by atoms with Crippen molar-refractivity contribution in [2.45, 2.75) is 6.61 Å². The number of hydrogen-bond donors (Lipinski definition) is 1. The Bertz CT molecular complexity index is 541. The number of rotatable bonds is 4. The topological polar surface area (TPSA) is 77.5 Å². The second kappa shape index (κ2) is 4.42. The Hall–Kier alpha value is -2.08. The quantitative estimate of drug-likeness (QED) is 0.870. The SMILES string of the molecule is COCc1ccc(-c2cc(C(=O)O)n(C)n2)o1. The molecule has 0 aliphatic carbocycles. The van der Waals surface area contributed by atoms with E-state index in [1.807, 2.05) is 0 Å². The Morgan fingerprint density at radius 3 is 2.94 bits per heavy atom. The van der Waals surface area contributed by atoms with Crippen molar-refractivity contribution in [3.05, 3.63) is 29.7 Å². The van der Waals surface area contributed by atoms with Gasteiger partial charge in [0.25, 0.3) is 0 Å². The molecule has 90 valence electrons. The molecule has 0 unspecified atom stereocenters. The van der Waals surface area contributed by atoms with Crippen LogP contribution in [-0.2, 0) is 18.4 Å². The predicted molar refractivity (Wildman–Crippen MR) is 58.6 cm³/mol. The van der Waals surface area contributed by atoms with Crippen molar-refractivity contribution in [3.63, 3.8) is 0 Å². The largest absolute Gasteiger partial charge is 0.477 e. The maximum atomic E-state index is 10.9.